The average molecular weight is 429 g/mol. The van der Waals surface area contributed by atoms with Crippen LogP contribution in [0.4, 0.5) is 0 Å². The van der Waals surface area contributed by atoms with Crippen LogP contribution < -0.4 is 5.73 Å². The molecule has 1 amide bonds. The summed E-state index contributed by atoms with van der Waals surface area (Å²) in [6.45, 7) is 2.18. The first-order chi connectivity index (χ1) is 13.4. The number of nitrogens with two attached hydrogens (primary N) is 1. The summed E-state index contributed by atoms with van der Waals surface area (Å²) in [5, 5.41) is 1.21. The van der Waals surface area contributed by atoms with Crippen LogP contribution in [0.15, 0.2) is 18.2 Å². The molecule has 6 nitrogen and oxygen atoms in total. The number of nitrogens with zero attached hydrogens (tertiary/aromatic N) is 1. The first-order valence-electron chi connectivity index (χ1n) is 9.55. The Labute approximate surface area is 175 Å². The van der Waals surface area contributed by atoms with Gasteiger partial charge in [0.25, 0.3) is 0 Å². The van der Waals surface area contributed by atoms with E-state index in [4.69, 9.17) is 38.4 Å². The summed E-state index contributed by atoms with van der Waals surface area (Å²) in [5.74, 6) is 0.117. The zero-order valence-corrected chi connectivity index (χ0v) is 17.3. The molecule has 0 unspecified atom stereocenters. The van der Waals surface area contributed by atoms with Crippen LogP contribution in [0, 0.1) is 5.92 Å². The summed E-state index contributed by atoms with van der Waals surface area (Å²) >= 11 is 12.1. The van der Waals surface area contributed by atoms with Gasteiger partial charge < -0.3 is 24.9 Å². The van der Waals surface area contributed by atoms with E-state index in [-0.39, 0.29) is 24.5 Å². The SMILES string of the molecule is N[C@]1(COCC=O)C[C@H](C(=O)N2CCC(OCc3ccc(Cl)cc3Cl)CC2)C1. The van der Waals surface area contributed by atoms with Crippen LogP contribution in [0.5, 0.6) is 0 Å². The molecule has 1 aliphatic carbocycles. The number of carbonyl (C=O) groups is 2. The van der Waals surface area contributed by atoms with Gasteiger partial charge in [0.15, 0.2) is 0 Å². The largest absolute Gasteiger partial charge is 0.373 e. The maximum Gasteiger partial charge on any atom is 0.225 e. The van der Waals surface area contributed by atoms with Crippen molar-refractivity contribution in [1.82, 2.24) is 4.90 Å². The van der Waals surface area contributed by atoms with Crippen molar-refractivity contribution < 1.29 is 19.1 Å². The molecule has 8 heteroatoms. The fraction of sp³-hybridized carbons (Fsp3) is 0.600. The fourth-order valence-corrected chi connectivity index (χ4v) is 4.33. The number of likely N-dealkylation sites (tertiary alicyclic amines) is 1. The molecule has 1 saturated carbocycles. The van der Waals surface area contributed by atoms with Crippen LogP contribution in [0.3, 0.4) is 0 Å². The van der Waals surface area contributed by atoms with Crippen LogP contribution in [0.25, 0.3) is 0 Å². The van der Waals surface area contributed by atoms with Gasteiger partial charge in [-0.25, -0.2) is 0 Å². The summed E-state index contributed by atoms with van der Waals surface area (Å²) in [4.78, 5) is 24.9. The highest BCUT2D eigenvalue weighted by molar-refractivity contribution is 6.35. The van der Waals surface area contributed by atoms with Gasteiger partial charge in [-0.05, 0) is 43.4 Å². The summed E-state index contributed by atoms with van der Waals surface area (Å²) in [6.07, 6.45) is 3.65. The van der Waals surface area contributed by atoms with Crippen molar-refractivity contribution in [3.05, 3.63) is 33.8 Å². The standard InChI is InChI=1S/C20H26Cl2N2O4/c21-16-2-1-14(18(22)9-16)12-28-17-3-5-24(6-4-17)19(26)15-10-20(23,11-15)13-27-8-7-25/h1-2,7,9,15,17H,3-6,8,10-13,23H2/t15-,20+. The van der Waals surface area contributed by atoms with Crippen molar-refractivity contribution in [2.24, 2.45) is 11.7 Å². The molecule has 1 heterocycles. The Morgan fingerprint density at radius 2 is 2.00 bits per heavy atom. The molecule has 0 aromatic heterocycles. The third-order valence-electron chi connectivity index (χ3n) is 5.47. The lowest BCUT2D eigenvalue weighted by atomic mass is 9.68. The normalized spacial score (nSPS) is 25.4. The zero-order chi connectivity index (χ0) is 20.1. The summed E-state index contributed by atoms with van der Waals surface area (Å²) in [7, 11) is 0. The number of rotatable bonds is 8. The lowest BCUT2D eigenvalue weighted by Crippen LogP contribution is -2.59. The third kappa shape index (κ3) is 5.45. The number of benzene rings is 1. The third-order valence-corrected chi connectivity index (χ3v) is 6.06. The van der Waals surface area contributed by atoms with Gasteiger partial charge in [0.05, 0.1) is 19.3 Å². The van der Waals surface area contributed by atoms with Crippen molar-refractivity contribution in [1.29, 1.82) is 0 Å². The number of amides is 1. The summed E-state index contributed by atoms with van der Waals surface area (Å²) in [5.41, 5.74) is 6.62. The topological polar surface area (TPSA) is 81.9 Å². The number of piperidine rings is 1. The number of ether oxygens (including phenoxy) is 2. The van der Waals surface area contributed by atoms with E-state index >= 15 is 0 Å². The average Bonchev–Trinajstić information content (AvgIpc) is 2.65. The second-order valence-electron chi connectivity index (χ2n) is 7.72. The monoisotopic (exact) mass is 428 g/mol. The fourth-order valence-electron chi connectivity index (χ4n) is 3.87. The molecule has 1 aliphatic heterocycles. The van der Waals surface area contributed by atoms with Crippen LogP contribution >= 0.6 is 23.2 Å². The minimum Gasteiger partial charge on any atom is -0.373 e. The Morgan fingerprint density at radius 3 is 2.64 bits per heavy atom. The highest BCUT2D eigenvalue weighted by Gasteiger charge is 2.46. The van der Waals surface area contributed by atoms with Crippen LogP contribution in [0.2, 0.25) is 10.0 Å². The van der Waals surface area contributed by atoms with Gasteiger partial charge >= 0.3 is 0 Å². The number of halogens is 2. The van der Waals surface area contributed by atoms with Crippen molar-refractivity contribution in [2.75, 3.05) is 26.3 Å². The van der Waals surface area contributed by atoms with E-state index in [1.165, 1.54) is 0 Å². The quantitative estimate of drug-likeness (QED) is 0.508. The van der Waals surface area contributed by atoms with Crippen molar-refractivity contribution in [2.45, 2.75) is 43.9 Å². The van der Waals surface area contributed by atoms with Crippen molar-refractivity contribution in [3.8, 4) is 0 Å². The maximum absolute atomic E-state index is 12.7. The highest BCUT2D eigenvalue weighted by Crippen LogP contribution is 2.37. The molecule has 1 aromatic rings. The van der Waals surface area contributed by atoms with E-state index in [0.29, 0.717) is 55.5 Å². The molecule has 3 rings (SSSR count). The van der Waals surface area contributed by atoms with Gasteiger partial charge in [-0.15, -0.1) is 0 Å². The van der Waals surface area contributed by atoms with Gasteiger partial charge in [-0.1, -0.05) is 29.3 Å². The van der Waals surface area contributed by atoms with Crippen molar-refractivity contribution >= 4 is 35.4 Å². The molecule has 0 bridgehead atoms. The molecule has 154 valence electrons. The molecule has 2 N–H and O–H groups in total. The van der Waals surface area contributed by atoms with E-state index in [2.05, 4.69) is 0 Å². The molecule has 2 aliphatic rings. The number of hydrogen-bond acceptors (Lipinski definition) is 5. The minimum absolute atomic E-state index is 0.0461. The molecular formula is C20H26Cl2N2O4. The van der Waals surface area contributed by atoms with Gasteiger partial charge in [0, 0.05) is 34.6 Å². The van der Waals surface area contributed by atoms with E-state index in [9.17, 15) is 9.59 Å². The molecule has 2 fully saturated rings. The van der Waals surface area contributed by atoms with Crippen molar-refractivity contribution in [3.63, 3.8) is 0 Å². The van der Waals surface area contributed by atoms with E-state index in [1.54, 1.807) is 12.1 Å². The van der Waals surface area contributed by atoms with E-state index in [1.807, 2.05) is 11.0 Å². The molecule has 0 spiro atoms. The Hall–Kier alpha value is -1.18. The second-order valence-corrected chi connectivity index (χ2v) is 8.56. The van der Waals surface area contributed by atoms with Gasteiger partial charge in [-0.2, -0.15) is 0 Å². The first kappa shape index (κ1) is 21.5. The Bertz CT molecular complexity index is 701. The Balaban J connectivity index is 1.38. The summed E-state index contributed by atoms with van der Waals surface area (Å²) in [6, 6.07) is 5.38. The molecule has 28 heavy (non-hydrogen) atoms. The number of aldehydes is 1. The molecule has 1 saturated heterocycles. The Morgan fingerprint density at radius 1 is 1.29 bits per heavy atom. The maximum atomic E-state index is 12.7. The molecule has 0 atom stereocenters. The molecule has 1 aromatic carbocycles. The highest BCUT2D eigenvalue weighted by atomic mass is 35.5. The predicted octanol–water partition coefficient (Wildman–Crippen LogP) is 2.82. The van der Waals surface area contributed by atoms with E-state index in [0.717, 1.165) is 18.4 Å². The lowest BCUT2D eigenvalue weighted by molar-refractivity contribution is -0.145. The van der Waals surface area contributed by atoms with E-state index < -0.39 is 5.54 Å². The predicted molar refractivity (Wildman–Crippen MR) is 107 cm³/mol. The van der Waals surface area contributed by atoms with Crippen LogP contribution in [0.1, 0.15) is 31.2 Å². The number of carbonyl (C=O) groups excluding carboxylic acids is 2. The Kier molecular flexibility index (Phi) is 7.34. The zero-order valence-electron chi connectivity index (χ0n) is 15.7. The van der Waals surface area contributed by atoms with Crippen LogP contribution in [-0.2, 0) is 25.7 Å². The van der Waals surface area contributed by atoms with Gasteiger partial charge in [0.1, 0.15) is 12.9 Å². The second kappa shape index (κ2) is 9.55. The molecule has 0 radical (unpaired) electrons. The minimum atomic E-state index is -0.484. The first-order valence-corrected chi connectivity index (χ1v) is 10.3. The lowest BCUT2D eigenvalue weighted by Gasteiger charge is -2.46. The van der Waals surface area contributed by atoms with Gasteiger partial charge in [-0.3, -0.25) is 4.79 Å². The summed E-state index contributed by atoms with van der Waals surface area (Å²) < 4.78 is 11.2. The van der Waals surface area contributed by atoms with Crippen LogP contribution in [-0.4, -0.2) is 55.0 Å². The molecular weight excluding hydrogens is 403 g/mol. The smallest absolute Gasteiger partial charge is 0.225 e. The number of hydrogen-bond donors (Lipinski definition) is 1. The van der Waals surface area contributed by atoms with Gasteiger partial charge in [0.2, 0.25) is 5.91 Å².